The van der Waals surface area contributed by atoms with E-state index < -0.39 is 15.6 Å². The van der Waals surface area contributed by atoms with E-state index in [1.807, 2.05) is 13.8 Å². The summed E-state index contributed by atoms with van der Waals surface area (Å²) in [6.07, 6.45) is 4.58. The Bertz CT molecular complexity index is 429. The minimum atomic E-state index is -5.55. The van der Waals surface area contributed by atoms with Crippen molar-refractivity contribution in [2.75, 3.05) is 0 Å². The quantitative estimate of drug-likeness (QED) is 0.563. The maximum absolute atomic E-state index is 12.0. The molecule has 1 rings (SSSR count). The third kappa shape index (κ3) is 3.01. The van der Waals surface area contributed by atoms with Crippen molar-refractivity contribution in [3.8, 4) is 0 Å². The zero-order valence-electron chi connectivity index (χ0n) is 8.71. The maximum atomic E-state index is 12.0. The lowest BCUT2D eigenvalue weighted by Gasteiger charge is -2.22. The van der Waals surface area contributed by atoms with Gasteiger partial charge in [-0.15, -0.1) is 0 Å². The summed E-state index contributed by atoms with van der Waals surface area (Å²) < 4.78 is 61.2. The van der Waals surface area contributed by atoms with E-state index in [2.05, 4.69) is 4.18 Å². The van der Waals surface area contributed by atoms with Crippen molar-refractivity contribution in [2.45, 2.75) is 25.8 Å². The van der Waals surface area contributed by atoms with Gasteiger partial charge in [-0.3, -0.25) is 0 Å². The Hall–Kier alpha value is -0.980. The molecule has 0 saturated carbocycles. The average molecular weight is 256 g/mol. The zero-order valence-corrected chi connectivity index (χ0v) is 9.52. The van der Waals surface area contributed by atoms with Gasteiger partial charge in [0.05, 0.1) is 0 Å². The van der Waals surface area contributed by atoms with Gasteiger partial charge in [-0.25, -0.2) is 0 Å². The number of rotatable bonds is 2. The molecule has 92 valence electrons. The minimum absolute atomic E-state index is 0.200. The first kappa shape index (κ1) is 13.1. The summed E-state index contributed by atoms with van der Waals surface area (Å²) in [5.41, 5.74) is -5.59. The number of hydrogen-bond donors (Lipinski definition) is 0. The fourth-order valence-corrected chi connectivity index (χ4v) is 1.51. The van der Waals surface area contributed by atoms with Gasteiger partial charge in [-0.1, -0.05) is 19.9 Å². The highest BCUT2D eigenvalue weighted by molar-refractivity contribution is 7.87. The summed E-state index contributed by atoms with van der Waals surface area (Å²) in [5.74, 6) is -0.295. The standard InChI is InChI=1S/C9H11F3O3S/c1-8(2)5-3-7(4-6-8)15-16(13,14)9(10,11)12/h3-5H,6H2,1-2H3. The zero-order chi connectivity index (χ0) is 12.6. The molecule has 0 spiro atoms. The summed E-state index contributed by atoms with van der Waals surface area (Å²) in [5, 5.41) is 0. The first-order valence-corrected chi connectivity index (χ1v) is 5.84. The number of allylic oxidation sites excluding steroid dienone is 3. The van der Waals surface area contributed by atoms with Gasteiger partial charge in [-0.2, -0.15) is 21.6 Å². The van der Waals surface area contributed by atoms with Crippen molar-refractivity contribution in [3.63, 3.8) is 0 Å². The normalized spacial score (nSPS) is 20.4. The average Bonchev–Trinajstić information content (AvgIpc) is 2.06. The van der Waals surface area contributed by atoms with Crippen molar-refractivity contribution >= 4 is 10.1 Å². The first-order valence-electron chi connectivity index (χ1n) is 4.44. The summed E-state index contributed by atoms with van der Waals surface area (Å²) >= 11 is 0. The van der Waals surface area contributed by atoms with Gasteiger partial charge in [0, 0.05) is 0 Å². The van der Waals surface area contributed by atoms with Crippen molar-refractivity contribution < 1.29 is 25.8 Å². The van der Waals surface area contributed by atoms with E-state index in [-0.39, 0.29) is 11.2 Å². The van der Waals surface area contributed by atoms with Crippen LogP contribution in [0.15, 0.2) is 24.0 Å². The first-order chi connectivity index (χ1) is 7.04. The lowest BCUT2D eigenvalue weighted by atomic mass is 9.86. The molecule has 0 aliphatic heterocycles. The van der Waals surface area contributed by atoms with E-state index in [0.717, 1.165) is 0 Å². The SMILES string of the molecule is CC1(C)C=CC(OS(=O)(=O)C(F)(F)F)=CC1. The molecule has 0 N–H and O–H groups in total. The Kier molecular flexibility index (Phi) is 3.11. The van der Waals surface area contributed by atoms with Gasteiger partial charge in [0.25, 0.3) is 0 Å². The van der Waals surface area contributed by atoms with Crippen molar-refractivity contribution in [2.24, 2.45) is 5.41 Å². The van der Waals surface area contributed by atoms with Crippen molar-refractivity contribution in [1.29, 1.82) is 0 Å². The van der Waals surface area contributed by atoms with Crippen molar-refractivity contribution in [1.82, 2.24) is 0 Å². The van der Waals surface area contributed by atoms with Crippen LogP contribution in [0.2, 0.25) is 0 Å². The fourth-order valence-electron chi connectivity index (χ4n) is 1.04. The molecule has 0 unspecified atom stereocenters. The van der Waals surface area contributed by atoms with E-state index in [1.54, 1.807) is 6.08 Å². The van der Waals surface area contributed by atoms with E-state index in [4.69, 9.17) is 0 Å². The van der Waals surface area contributed by atoms with Crippen LogP contribution in [0, 0.1) is 5.41 Å². The third-order valence-corrected chi connectivity index (χ3v) is 3.00. The molecule has 0 atom stereocenters. The molecular formula is C9H11F3O3S. The molecule has 0 radical (unpaired) electrons. The van der Waals surface area contributed by atoms with Gasteiger partial charge in [0.15, 0.2) is 0 Å². The molecule has 16 heavy (non-hydrogen) atoms. The monoisotopic (exact) mass is 256 g/mol. The topological polar surface area (TPSA) is 43.4 Å². The van der Waals surface area contributed by atoms with Gasteiger partial charge in [-0.05, 0) is 24.0 Å². The van der Waals surface area contributed by atoms with Crippen molar-refractivity contribution in [3.05, 3.63) is 24.0 Å². The second-order valence-electron chi connectivity index (χ2n) is 4.12. The third-order valence-electron chi connectivity index (χ3n) is 2.02. The molecule has 7 heteroatoms. The summed E-state index contributed by atoms with van der Waals surface area (Å²) in [4.78, 5) is 0. The lowest BCUT2D eigenvalue weighted by Crippen LogP contribution is -2.25. The molecule has 1 aliphatic rings. The Balaban J connectivity index is 2.80. The van der Waals surface area contributed by atoms with Crippen LogP contribution in [0.5, 0.6) is 0 Å². The molecule has 0 amide bonds. The maximum Gasteiger partial charge on any atom is 0.534 e. The Morgan fingerprint density at radius 2 is 1.94 bits per heavy atom. The summed E-state index contributed by atoms with van der Waals surface area (Å²) in [6, 6.07) is 0. The van der Waals surface area contributed by atoms with E-state index in [9.17, 15) is 21.6 Å². The molecule has 0 bridgehead atoms. The largest absolute Gasteiger partial charge is 0.534 e. The van der Waals surface area contributed by atoms with Gasteiger partial charge in [0.1, 0.15) is 5.76 Å². The highest BCUT2D eigenvalue weighted by Gasteiger charge is 2.48. The van der Waals surface area contributed by atoms with Crippen LogP contribution in [0.1, 0.15) is 20.3 Å². The van der Waals surface area contributed by atoms with Crippen LogP contribution in [-0.2, 0) is 14.3 Å². The second-order valence-corrected chi connectivity index (χ2v) is 5.65. The number of halogens is 3. The smallest absolute Gasteiger partial charge is 0.376 e. The predicted molar refractivity (Wildman–Crippen MR) is 51.7 cm³/mol. The molecule has 0 saturated heterocycles. The molecule has 1 aliphatic carbocycles. The summed E-state index contributed by atoms with van der Waals surface area (Å²) in [7, 11) is -5.55. The summed E-state index contributed by atoms with van der Waals surface area (Å²) in [6.45, 7) is 3.74. The second kappa shape index (κ2) is 3.80. The predicted octanol–water partition coefficient (Wildman–Crippen LogP) is 2.72. The number of alkyl halides is 3. The molecule has 0 fully saturated rings. The highest BCUT2D eigenvalue weighted by Crippen LogP contribution is 2.32. The molecule has 0 aromatic heterocycles. The Morgan fingerprint density at radius 3 is 2.31 bits per heavy atom. The van der Waals surface area contributed by atoms with Gasteiger partial charge >= 0.3 is 15.6 Å². The van der Waals surface area contributed by atoms with E-state index in [1.165, 1.54) is 12.2 Å². The molecule has 0 heterocycles. The van der Waals surface area contributed by atoms with E-state index in [0.29, 0.717) is 6.42 Å². The molecule has 0 aromatic carbocycles. The van der Waals surface area contributed by atoms with E-state index >= 15 is 0 Å². The van der Waals surface area contributed by atoms with Crippen LogP contribution in [0.3, 0.4) is 0 Å². The molecule has 3 nitrogen and oxygen atoms in total. The minimum Gasteiger partial charge on any atom is -0.376 e. The van der Waals surface area contributed by atoms with Crippen LogP contribution >= 0.6 is 0 Å². The van der Waals surface area contributed by atoms with Crippen LogP contribution in [-0.4, -0.2) is 13.9 Å². The Morgan fingerprint density at radius 1 is 1.38 bits per heavy atom. The van der Waals surface area contributed by atoms with Crippen LogP contribution in [0.25, 0.3) is 0 Å². The van der Waals surface area contributed by atoms with Gasteiger partial charge < -0.3 is 4.18 Å². The fraction of sp³-hybridized carbons (Fsp3) is 0.556. The number of hydrogen-bond acceptors (Lipinski definition) is 3. The lowest BCUT2D eigenvalue weighted by molar-refractivity contribution is -0.0520. The highest BCUT2D eigenvalue weighted by atomic mass is 32.2. The Labute approximate surface area is 91.7 Å². The van der Waals surface area contributed by atoms with Crippen LogP contribution in [0.4, 0.5) is 13.2 Å². The molecular weight excluding hydrogens is 245 g/mol. The van der Waals surface area contributed by atoms with Gasteiger partial charge in [0.2, 0.25) is 0 Å². The van der Waals surface area contributed by atoms with Crippen LogP contribution < -0.4 is 0 Å². The molecule has 0 aromatic rings.